The fraction of sp³-hybridized carbons (Fsp3) is 0.238. The number of benzene rings is 2. The molecule has 0 fully saturated rings. The molecule has 0 amide bonds. The van der Waals surface area contributed by atoms with Gasteiger partial charge in [0.15, 0.2) is 0 Å². The Balaban J connectivity index is 0.00000104. The second kappa shape index (κ2) is 8.43. The number of hydrogen-bond donors (Lipinski definition) is 0. The van der Waals surface area contributed by atoms with E-state index in [0.717, 1.165) is 7.25 Å². The molecule has 0 radical (unpaired) electrons. The maximum atomic E-state index is 2.47. The van der Waals surface area contributed by atoms with Gasteiger partial charge < -0.3 is 34.0 Å². The number of rotatable bonds is 3. The largest absolute Gasteiger partial charge is 1.00 e. The van der Waals surface area contributed by atoms with Crippen molar-refractivity contribution in [2.24, 2.45) is 5.92 Å². The normalized spacial score (nSPS) is 19.7. The molecule has 2 unspecified atom stereocenters. The van der Waals surface area contributed by atoms with Gasteiger partial charge in [0.25, 0.3) is 0 Å². The topological polar surface area (TPSA) is 0 Å². The molecular formula is C21H20Br2Zr. The summed E-state index contributed by atoms with van der Waals surface area (Å²) < 4.78 is 1.46. The summed E-state index contributed by atoms with van der Waals surface area (Å²) in [6.07, 6.45) is 7.27. The van der Waals surface area contributed by atoms with Gasteiger partial charge in [-0.3, -0.25) is 0 Å². The molecule has 0 spiro atoms. The summed E-state index contributed by atoms with van der Waals surface area (Å²) in [5, 5.41) is 0. The van der Waals surface area contributed by atoms with Crippen LogP contribution < -0.4 is 34.0 Å². The van der Waals surface area contributed by atoms with Crippen molar-refractivity contribution in [1.29, 1.82) is 0 Å². The van der Waals surface area contributed by atoms with E-state index < -0.39 is 23.2 Å². The van der Waals surface area contributed by atoms with Crippen LogP contribution in [0.15, 0.2) is 60.2 Å². The summed E-state index contributed by atoms with van der Waals surface area (Å²) in [5.74, 6) is 0.652. The van der Waals surface area contributed by atoms with Crippen LogP contribution in [0.1, 0.15) is 43.4 Å². The van der Waals surface area contributed by atoms with Crippen LogP contribution in [-0.4, -0.2) is 0 Å². The van der Waals surface area contributed by atoms with Crippen molar-refractivity contribution in [3.05, 3.63) is 82.4 Å². The molecule has 0 nitrogen and oxygen atoms in total. The molecule has 2 aliphatic rings. The first kappa shape index (κ1) is 20.1. The zero-order valence-corrected chi connectivity index (χ0v) is 19.5. The third-order valence-electron chi connectivity index (χ3n) is 4.77. The minimum absolute atomic E-state index is 0. The van der Waals surface area contributed by atoms with E-state index in [1.54, 1.807) is 16.7 Å². The Bertz CT molecular complexity index is 777. The van der Waals surface area contributed by atoms with Crippen LogP contribution in [0.2, 0.25) is 0 Å². The fourth-order valence-electron chi connectivity index (χ4n) is 3.61. The summed E-state index contributed by atoms with van der Waals surface area (Å²) >= 11 is -0.632. The second-order valence-electron chi connectivity index (χ2n) is 6.49. The Morgan fingerprint density at radius 1 is 0.833 bits per heavy atom. The van der Waals surface area contributed by atoms with Gasteiger partial charge in [-0.15, -0.1) is 0 Å². The molecule has 24 heavy (non-hydrogen) atoms. The van der Waals surface area contributed by atoms with Crippen LogP contribution in [0.25, 0.3) is 12.2 Å². The van der Waals surface area contributed by atoms with Crippen molar-refractivity contribution >= 4 is 12.2 Å². The molecule has 4 rings (SSSR count). The maximum Gasteiger partial charge on any atom is -1.00 e. The molecule has 0 aromatic heterocycles. The summed E-state index contributed by atoms with van der Waals surface area (Å²) in [4.78, 5) is 0. The maximum absolute atomic E-state index is 2.47. The molecule has 0 saturated heterocycles. The molecular weight excluding hydrogens is 503 g/mol. The average Bonchev–Trinajstić information content (AvgIpc) is 3.10. The molecule has 122 valence electrons. The molecule has 2 aromatic carbocycles. The first-order valence-corrected chi connectivity index (χ1v) is 10.9. The zero-order chi connectivity index (χ0) is 15.1. The molecule has 2 aromatic rings. The SMILES string of the molecule is CC(C)C1=Cc2ccccc2[CH]1[Zr+2][CH]1C=Cc2ccccc21.[Br-].[Br-]. The van der Waals surface area contributed by atoms with E-state index in [4.69, 9.17) is 0 Å². The predicted octanol–water partition coefficient (Wildman–Crippen LogP) is -0.361. The fourth-order valence-corrected chi connectivity index (χ4v) is 8.67. The number of halogens is 2. The van der Waals surface area contributed by atoms with Gasteiger partial charge in [0.1, 0.15) is 0 Å². The summed E-state index contributed by atoms with van der Waals surface area (Å²) in [5.41, 5.74) is 7.74. The van der Waals surface area contributed by atoms with Crippen molar-refractivity contribution in [2.75, 3.05) is 0 Å². The minimum Gasteiger partial charge on any atom is -1.00 e. The van der Waals surface area contributed by atoms with E-state index in [0.29, 0.717) is 5.92 Å². The average molecular weight is 523 g/mol. The molecule has 2 atom stereocenters. The molecule has 0 bridgehead atoms. The van der Waals surface area contributed by atoms with E-state index in [1.807, 2.05) is 0 Å². The van der Waals surface area contributed by atoms with Crippen LogP contribution in [0.4, 0.5) is 0 Å². The third-order valence-corrected chi connectivity index (χ3v) is 9.30. The van der Waals surface area contributed by atoms with Crippen LogP contribution >= 0.6 is 0 Å². The molecule has 2 aliphatic carbocycles. The molecule has 3 heteroatoms. The summed E-state index contributed by atoms with van der Waals surface area (Å²) in [6, 6.07) is 18.0. The zero-order valence-electron chi connectivity index (χ0n) is 13.8. The second-order valence-corrected chi connectivity index (χ2v) is 10.3. The summed E-state index contributed by atoms with van der Waals surface area (Å²) in [6.45, 7) is 4.70. The van der Waals surface area contributed by atoms with Gasteiger partial charge in [0.05, 0.1) is 0 Å². The predicted molar refractivity (Wildman–Crippen MR) is 90.2 cm³/mol. The monoisotopic (exact) mass is 520 g/mol. The Labute approximate surface area is 177 Å². The Hall–Kier alpha value is -0.237. The van der Waals surface area contributed by atoms with Crippen molar-refractivity contribution in [2.45, 2.75) is 21.1 Å². The van der Waals surface area contributed by atoms with Crippen molar-refractivity contribution in [3.63, 3.8) is 0 Å². The Kier molecular flexibility index (Phi) is 7.05. The first-order valence-electron chi connectivity index (χ1n) is 8.07. The molecule has 0 saturated carbocycles. The standard InChI is InChI=1S/C12H13.C9H7.2BrH.Zr/c1-9(2)12-7-10-5-3-4-6-11(10)8-12;1-2-5-9-7-3-6-8(9)4-1;;;/h3-9H,1-2H3;1-7H;2*1H;/q;;;;+2/p-2. The Morgan fingerprint density at radius 3 is 2.17 bits per heavy atom. The molecule has 0 N–H and O–H groups in total. The first-order chi connectivity index (χ1) is 10.7. The van der Waals surface area contributed by atoms with Crippen molar-refractivity contribution in [3.8, 4) is 0 Å². The van der Waals surface area contributed by atoms with Crippen LogP contribution in [0.5, 0.6) is 0 Å². The third kappa shape index (κ3) is 3.64. The van der Waals surface area contributed by atoms with E-state index in [1.165, 1.54) is 11.1 Å². The van der Waals surface area contributed by atoms with Crippen LogP contribution in [-0.2, 0) is 23.2 Å². The van der Waals surface area contributed by atoms with E-state index in [-0.39, 0.29) is 34.0 Å². The molecule has 0 aliphatic heterocycles. The number of hydrogen-bond acceptors (Lipinski definition) is 0. The Morgan fingerprint density at radius 2 is 1.46 bits per heavy atom. The van der Waals surface area contributed by atoms with E-state index >= 15 is 0 Å². The minimum atomic E-state index is -0.632. The van der Waals surface area contributed by atoms with Gasteiger partial charge >= 0.3 is 145 Å². The van der Waals surface area contributed by atoms with Crippen LogP contribution in [0.3, 0.4) is 0 Å². The van der Waals surface area contributed by atoms with Gasteiger partial charge in [-0.2, -0.15) is 0 Å². The number of allylic oxidation sites excluding steroid dienone is 2. The number of fused-ring (bicyclic) bond motifs is 2. The van der Waals surface area contributed by atoms with Gasteiger partial charge in [-0.1, -0.05) is 0 Å². The van der Waals surface area contributed by atoms with Gasteiger partial charge in [0.2, 0.25) is 0 Å². The van der Waals surface area contributed by atoms with E-state index in [2.05, 4.69) is 80.6 Å². The van der Waals surface area contributed by atoms with Crippen molar-refractivity contribution in [1.82, 2.24) is 0 Å². The van der Waals surface area contributed by atoms with Gasteiger partial charge in [-0.05, 0) is 0 Å². The molecule has 0 heterocycles. The van der Waals surface area contributed by atoms with Crippen LogP contribution in [0, 0.1) is 5.92 Å². The summed E-state index contributed by atoms with van der Waals surface area (Å²) in [7, 11) is 0. The van der Waals surface area contributed by atoms with Crippen molar-refractivity contribution < 1.29 is 57.2 Å². The van der Waals surface area contributed by atoms with Gasteiger partial charge in [0, 0.05) is 0 Å². The van der Waals surface area contributed by atoms with E-state index in [9.17, 15) is 0 Å². The van der Waals surface area contributed by atoms with Gasteiger partial charge in [-0.25, -0.2) is 0 Å². The smallest absolute Gasteiger partial charge is 1.00 e. The quantitative estimate of drug-likeness (QED) is 0.516.